The summed E-state index contributed by atoms with van der Waals surface area (Å²) in [7, 11) is -1.02. The van der Waals surface area contributed by atoms with Crippen molar-refractivity contribution < 1.29 is 0 Å². The molecule has 0 radical (unpaired) electrons. The highest BCUT2D eigenvalue weighted by Crippen LogP contribution is 2.21. The summed E-state index contributed by atoms with van der Waals surface area (Å²) in [5.74, 6) is 0.753. The molecule has 1 unspecified atom stereocenters. The maximum Gasteiger partial charge on any atom is 0.0446 e. The number of hydrogen-bond acceptors (Lipinski definition) is 1. The average molecular weight is 292 g/mol. The Balaban J connectivity index is 2.69. The van der Waals surface area contributed by atoms with Gasteiger partial charge in [0.15, 0.2) is 0 Å². The Morgan fingerprint density at radius 3 is 2.05 bits per heavy atom. The highest BCUT2D eigenvalue weighted by molar-refractivity contribution is 6.76. The molecular formula is C18H33NSi. The van der Waals surface area contributed by atoms with Gasteiger partial charge in [-0.15, -0.1) is 0 Å². The van der Waals surface area contributed by atoms with E-state index in [2.05, 4.69) is 76.9 Å². The molecule has 1 aromatic carbocycles. The number of rotatable bonds is 6. The third-order valence-corrected chi connectivity index (χ3v) is 5.27. The maximum atomic E-state index is 3.70. The van der Waals surface area contributed by atoms with Crippen LogP contribution < -0.4 is 5.32 Å². The van der Waals surface area contributed by atoms with E-state index in [1.807, 2.05) is 0 Å². The summed E-state index contributed by atoms with van der Waals surface area (Å²) in [5, 5.41) is 3.70. The molecule has 1 atom stereocenters. The molecule has 1 rings (SSSR count). The molecule has 0 fully saturated rings. The molecule has 114 valence electrons. The smallest absolute Gasteiger partial charge is 0.0446 e. The standard InChI is InChI=1S/C18H33NSi/c1-15-8-10-16(11-9-15)12-17(14-20(5,6)7)13-19-18(2,3)4/h8-11,17,19H,12-14H2,1-7H3. The first-order valence-corrected chi connectivity index (χ1v) is 11.6. The summed E-state index contributed by atoms with van der Waals surface area (Å²) < 4.78 is 0. The molecule has 20 heavy (non-hydrogen) atoms. The van der Waals surface area contributed by atoms with Crippen molar-refractivity contribution in [2.75, 3.05) is 6.54 Å². The Morgan fingerprint density at radius 1 is 1.05 bits per heavy atom. The molecule has 1 aromatic rings. The van der Waals surface area contributed by atoms with Crippen LogP contribution in [0.25, 0.3) is 0 Å². The predicted octanol–water partition coefficient (Wildman–Crippen LogP) is 4.88. The Morgan fingerprint density at radius 2 is 1.60 bits per heavy atom. The van der Waals surface area contributed by atoms with Crippen LogP contribution in [0.15, 0.2) is 24.3 Å². The fourth-order valence-electron chi connectivity index (χ4n) is 2.59. The van der Waals surface area contributed by atoms with Crippen LogP contribution in [-0.4, -0.2) is 20.2 Å². The van der Waals surface area contributed by atoms with E-state index in [1.165, 1.54) is 23.6 Å². The van der Waals surface area contributed by atoms with Crippen molar-refractivity contribution in [2.45, 2.75) is 65.3 Å². The van der Waals surface area contributed by atoms with Gasteiger partial charge in [-0.25, -0.2) is 0 Å². The Bertz CT molecular complexity index is 395. The van der Waals surface area contributed by atoms with E-state index in [4.69, 9.17) is 0 Å². The summed E-state index contributed by atoms with van der Waals surface area (Å²) in [6.45, 7) is 17.5. The summed E-state index contributed by atoms with van der Waals surface area (Å²) >= 11 is 0. The normalized spacial score (nSPS) is 14.3. The van der Waals surface area contributed by atoms with Gasteiger partial charge in [0.25, 0.3) is 0 Å². The fraction of sp³-hybridized carbons (Fsp3) is 0.667. The topological polar surface area (TPSA) is 12.0 Å². The predicted molar refractivity (Wildman–Crippen MR) is 94.3 cm³/mol. The SMILES string of the molecule is Cc1ccc(CC(CNC(C)(C)C)C[Si](C)(C)C)cc1. The second kappa shape index (κ2) is 6.90. The molecule has 0 aliphatic heterocycles. The maximum absolute atomic E-state index is 3.70. The second-order valence-corrected chi connectivity index (χ2v) is 14.0. The zero-order valence-electron chi connectivity index (χ0n) is 14.5. The molecule has 1 N–H and O–H groups in total. The number of benzene rings is 1. The van der Waals surface area contributed by atoms with Crippen LogP contribution in [0.3, 0.4) is 0 Å². The van der Waals surface area contributed by atoms with Crippen molar-refractivity contribution in [3.8, 4) is 0 Å². The number of hydrogen-bond donors (Lipinski definition) is 1. The van der Waals surface area contributed by atoms with E-state index in [-0.39, 0.29) is 5.54 Å². The molecule has 0 saturated carbocycles. The Kier molecular flexibility index (Phi) is 6.02. The zero-order chi connectivity index (χ0) is 15.4. The number of aryl methyl sites for hydroxylation is 1. The average Bonchev–Trinajstić information content (AvgIpc) is 2.26. The summed E-state index contributed by atoms with van der Waals surface area (Å²) in [6.07, 6.45) is 1.20. The van der Waals surface area contributed by atoms with Crippen LogP contribution in [0.5, 0.6) is 0 Å². The lowest BCUT2D eigenvalue weighted by Crippen LogP contribution is -2.41. The fourth-order valence-corrected chi connectivity index (χ4v) is 4.61. The molecule has 0 bridgehead atoms. The van der Waals surface area contributed by atoms with Crippen LogP contribution in [-0.2, 0) is 6.42 Å². The molecule has 0 aliphatic rings. The third-order valence-electron chi connectivity index (χ3n) is 3.47. The molecule has 0 heterocycles. The first-order chi connectivity index (χ1) is 9.05. The molecule has 1 nitrogen and oxygen atoms in total. The summed E-state index contributed by atoms with van der Waals surface area (Å²) in [6, 6.07) is 10.5. The van der Waals surface area contributed by atoms with Crippen molar-refractivity contribution in [2.24, 2.45) is 5.92 Å². The van der Waals surface area contributed by atoms with Crippen molar-refractivity contribution in [1.82, 2.24) is 5.32 Å². The summed E-state index contributed by atoms with van der Waals surface area (Å²) in [5.41, 5.74) is 3.04. The van der Waals surface area contributed by atoms with Gasteiger partial charge in [-0.1, -0.05) is 55.5 Å². The molecule has 0 spiro atoms. The molecular weight excluding hydrogens is 258 g/mol. The summed E-state index contributed by atoms with van der Waals surface area (Å²) in [4.78, 5) is 0. The van der Waals surface area contributed by atoms with E-state index in [0.717, 1.165) is 12.5 Å². The van der Waals surface area contributed by atoms with Crippen molar-refractivity contribution in [3.63, 3.8) is 0 Å². The Labute approximate surface area is 127 Å². The lowest BCUT2D eigenvalue weighted by atomic mass is 9.98. The molecule has 0 amide bonds. The lowest BCUT2D eigenvalue weighted by Gasteiger charge is -2.29. The monoisotopic (exact) mass is 291 g/mol. The van der Waals surface area contributed by atoms with Crippen LogP contribution in [0.4, 0.5) is 0 Å². The van der Waals surface area contributed by atoms with Crippen molar-refractivity contribution in [3.05, 3.63) is 35.4 Å². The van der Waals surface area contributed by atoms with Gasteiger partial charge in [0, 0.05) is 13.6 Å². The zero-order valence-corrected chi connectivity index (χ0v) is 15.5. The first kappa shape index (κ1) is 17.4. The molecule has 0 aromatic heterocycles. The van der Waals surface area contributed by atoms with E-state index in [9.17, 15) is 0 Å². The van der Waals surface area contributed by atoms with E-state index in [0.29, 0.717) is 0 Å². The third kappa shape index (κ3) is 7.86. The number of nitrogens with one attached hydrogen (secondary N) is 1. The van der Waals surface area contributed by atoms with Gasteiger partial charge in [0.1, 0.15) is 0 Å². The van der Waals surface area contributed by atoms with E-state index in [1.54, 1.807) is 0 Å². The lowest BCUT2D eigenvalue weighted by molar-refractivity contribution is 0.380. The van der Waals surface area contributed by atoms with Crippen molar-refractivity contribution >= 4 is 8.07 Å². The Hall–Kier alpha value is -0.603. The van der Waals surface area contributed by atoms with Gasteiger partial charge in [0.05, 0.1) is 0 Å². The van der Waals surface area contributed by atoms with Crippen LogP contribution in [0.1, 0.15) is 31.9 Å². The largest absolute Gasteiger partial charge is 0.312 e. The van der Waals surface area contributed by atoms with Gasteiger partial charge in [-0.3, -0.25) is 0 Å². The van der Waals surface area contributed by atoms with Gasteiger partial charge in [-0.05, 0) is 52.1 Å². The van der Waals surface area contributed by atoms with Gasteiger partial charge >= 0.3 is 0 Å². The van der Waals surface area contributed by atoms with Gasteiger partial charge < -0.3 is 5.32 Å². The van der Waals surface area contributed by atoms with Crippen molar-refractivity contribution in [1.29, 1.82) is 0 Å². The van der Waals surface area contributed by atoms with Crippen LogP contribution in [0.2, 0.25) is 25.7 Å². The van der Waals surface area contributed by atoms with E-state index >= 15 is 0 Å². The minimum Gasteiger partial charge on any atom is -0.312 e. The minimum absolute atomic E-state index is 0.213. The highest BCUT2D eigenvalue weighted by atomic mass is 28.3. The highest BCUT2D eigenvalue weighted by Gasteiger charge is 2.22. The quantitative estimate of drug-likeness (QED) is 0.737. The van der Waals surface area contributed by atoms with Gasteiger partial charge in [-0.2, -0.15) is 0 Å². The van der Waals surface area contributed by atoms with Crippen LogP contribution >= 0.6 is 0 Å². The molecule has 2 heteroatoms. The molecule has 0 aliphatic carbocycles. The molecule has 0 saturated heterocycles. The first-order valence-electron chi connectivity index (χ1n) is 7.86. The van der Waals surface area contributed by atoms with E-state index < -0.39 is 8.07 Å². The second-order valence-electron chi connectivity index (χ2n) is 8.45. The van der Waals surface area contributed by atoms with Gasteiger partial charge in [0.2, 0.25) is 0 Å². The minimum atomic E-state index is -1.02. The van der Waals surface area contributed by atoms with Crippen LogP contribution in [0, 0.1) is 12.8 Å².